The van der Waals surface area contributed by atoms with E-state index in [1.807, 2.05) is 6.08 Å². The molecule has 0 radical (unpaired) electrons. The standard InChI is InChI=1S/C13H18N2O2S/c14-13-9-5-4-6-11(13)10-18(16,17)15-12-7-2-1-3-8-12/h1-2,4-6,9,12,15H,3,7-8,10,14H2. The molecule has 5 heteroatoms. The molecule has 2 rings (SSSR count). The minimum absolute atomic E-state index is 0.0185. The number of hydrogen-bond donors (Lipinski definition) is 2. The summed E-state index contributed by atoms with van der Waals surface area (Å²) >= 11 is 0. The zero-order valence-electron chi connectivity index (χ0n) is 10.2. The lowest BCUT2D eigenvalue weighted by atomic mass is 10.0. The van der Waals surface area contributed by atoms with Gasteiger partial charge in [-0.25, -0.2) is 13.1 Å². The van der Waals surface area contributed by atoms with Gasteiger partial charge in [-0.3, -0.25) is 0 Å². The molecule has 0 aromatic heterocycles. The van der Waals surface area contributed by atoms with Gasteiger partial charge in [0.25, 0.3) is 0 Å². The maximum atomic E-state index is 12.0. The molecule has 1 aromatic carbocycles. The molecule has 1 unspecified atom stereocenters. The minimum atomic E-state index is -3.32. The zero-order chi connectivity index (χ0) is 13.0. The molecule has 1 aliphatic rings. The van der Waals surface area contributed by atoms with Crippen molar-refractivity contribution in [3.05, 3.63) is 42.0 Å². The molecule has 0 bridgehead atoms. The van der Waals surface area contributed by atoms with E-state index in [0.29, 0.717) is 11.3 Å². The molecule has 18 heavy (non-hydrogen) atoms. The number of nitrogen functional groups attached to an aromatic ring is 1. The number of nitrogens with one attached hydrogen (secondary N) is 1. The Morgan fingerprint density at radius 1 is 1.28 bits per heavy atom. The lowest BCUT2D eigenvalue weighted by Gasteiger charge is -2.19. The molecule has 0 saturated carbocycles. The summed E-state index contributed by atoms with van der Waals surface area (Å²) in [6.07, 6.45) is 6.66. The largest absolute Gasteiger partial charge is 0.398 e. The van der Waals surface area contributed by atoms with Crippen LogP contribution < -0.4 is 10.5 Å². The van der Waals surface area contributed by atoms with E-state index in [4.69, 9.17) is 5.73 Å². The molecule has 0 saturated heterocycles. The highest BCUT2D eigenvalue weighted by molar-refractivity contribution is 7.88. The third kappa shape index (κ3) is 3.58. The SMILES string of the molecule is Nc1ccccc1CS(=O)(=O)NC1CC=CCC1. The molecule has 1 aromatic rings. The average Bonchev–Trinajstić information content (AvgIpc) is 2.32. The van der Waals surface area contributed by atoms with Gasteiger partial charge >= 0.3 is 0 Å². The van der Waals surface area contributed by atoms with Gasteiger partial charge in [0.1, 0.15) is 0 Å². The summed E-state index contributed by atoms with van der Waals surface area (Å²) < 4.78 is 26.8. The average molecular weight is 266 g/mol. The van der Waals surface area contributed by atoms with Crippen molar-refractivity contribution in [1.29, 1.82) is 0 Å². The van der Waals surface area contributed by atoms with Crippen LogP contribution in [0, 0.1) is 0 Å². The van der Waals surface area contributed by atoms with Gasteiger partial charge in [-0.2, -0.15) is 0 Å². The van der Waals surface area contributed by atoms with E-state index in [2.05, 4.69) is 10.8 Å². The molecule has 0 spiro atoms. The van der Waals surface area contributed by atoms with E-state index in [9.17, 15) is 8.42 Å². The monoisotopic (exact) mass is 266 g/mol. The number of anilines is 1. The van der Waals surface area contributed by atoms with E-state index in [-0.39, 0.29) is 11.8 Å². The van der Waals surface area contributed by atoms with Crippen LogP contribution in [0.2, 0.25) is 0 Å². The van der Waals surface area contributed by atoms with Crippen molar-refractivity contribution >= 4 is 15.7 Å². The number of hydrogen-bond acceptors (Lipinski definition) is 3. The summed E-state index contributed by atoms with van der Waals surface area (Å²) in [7, 11) is -3.32. The Labute approximate surface area is 108 Å². The third-order valence-electron chi connectivity index (χ3n) is 3.02. The fraction of sp³-hybridized carbons (Fsp3) is 0.385. The molecule has 0 heterocycles. The van der Waals surface area contributed by atoms with Crippen molar-refractivity contribution in [3.63, 3.8) is 0 Å². The zero-order valence-corrected chi connectivity index (χ0v) is 11.0. The topological polar surface area (TPSA) is 72.2 Å². The Morgan fingerprint density at radius 3 is 2.72 bits per heavy atom. The number of allylic oxidation sites excluding steroid dienone is 1. The highest BCUT2D eigenvalue weighted by Crippen LogP contribution is 2.16. The summed E-state index contributed by atoms with van der Waals surface area (Å²) in [5, 5.41) is 0. The summed E-state index contributed by atoms with van der Waals surface area (Å²) in [6.45, 7) is 0. The molecule has 1 aliphatic carbocycles. The second kappa shape index (κ2) is 5.54. The Hall–Kier alpha value is -1.33. The molecule has 98 valence electrons. The predicted molar refractivity (Wildman–Crippen MR) is 73.4 cm³/mol. The quantitative estimate of drug-likeness (QED) is 0.644. The number of benzene rings is 1. The van der Waals surface area contributed by atoms with Crippen molar-refractivity contribution in [3.8, 4) is 0 Å². The number of rotatable bonds is 4. The van der Waals surface area contributed by atoms with Gasteiger partial charge in [0.05, 0.1) is 5.75 Å². The van der Waals surface area contributed by atoms with Gasteiger partial charge in [-0.05, 0) is 30.9 Å². The van der Waals surface area contributed by atoms with E-state index >= 15 is 0 Å². The van der Waals surface area contributed by atoms with Crippen molar-refractivity contribution in [2.75, 3.05) is 5.73 Å². The van der Waals surface area contributed by atoms with Gasteiger partial charge in [-0.1, -0.05) is 30.4 Å². The molecule has 3 N–H and O–H groups in total. The summed E-state index contributed by atoms with van der Waals surface area (Å²) in [6, 6.07) is 7.07. The highest BCUT2D eigenvalue weighted by atomic mass is 32.2. The van der Waals surface area contributed by atoms with E-state index in [1.54, 1.807) is 24.3 Å². The molecule has 4 nitrogen and oxygen atoms in total. The molecule has 0 fully saturated rings. The highest BCUT2D eigenvalue weighted by Gasteiger charge is 2.19. The summed E-state index contributed by atoms with van der Waals surface area (Å²) in [4.78, 5) is 0. The van der Waals surface area contributed by atoms with Crippen molar-refractivity contribution in [2.45, 2.75) is 31.1 Å². The van der Waals surface area contributed by atoms with Crippen molar-refractivity contribution in [1.82, 2.24) is 4.72 Å². The van der Waals surface area contributed by atoms with Crippen LogP contribution in [0.3, 0.4) is 0 Å². The normalized spacial score (nSPS) is 19.9. The molecular formula is C13H18N2O2S. The number of para-hydroxylation sites is 1. The number of sulfonamides is 1. The van der Waals surface area contributed by atoms with E-state index in [0.717, 1.165) is 19.3 Å². The fourth-order valence-corrected chi connectivity index (χ4v) is 3.54. The van der Waals surface area contributed by atoms with Crippen LogP contribution in [0.1, 0.15) is 24.8 Å². The molecular weight excluding hydrogens is 248 g/mol. The second-order valence-corrected chi connectivity index (χ2v) is 6.31. The lowest BCUT2D eigenvalue weighted by molar-refractivity contribution is 0.522. The first kappa shape index (κ1) is 13.1. The Balaban J connectivity index is 2.03. The summed E-state index contributed by atoms with van der Waals surface area (Å²) in [5.41, 5.74) is 6.93. The van der Waals surface area contributed by atoms with Crippen LogP contribution in [-0.4, -0.2) is 14.5 Å². The number of nitrogens with two attached hydrogens (primary N) is 1. The first-order valence-corrected chi connectivity index (χ1v) is 7.70. The van der Waals surface area contributed by atoms with Crippen LogP contribution >= 0.6 is 0 Å². The molecule has 0 amide bonds. The Morgan fingerprint density at radius 2 is 2.06 bits per heavy atom. The van der Waals surface area contributed by atoms with Crippen LogP contribution in [0.15, 0.2) is 36.4 Å². The first-order chi connectivity index (χ1) is 8.57. The third-order valence-corrected chi connectivity index (χ3v) is 4.40. The van der Waals surface area contributed by atoms with Gasteiger partial charge in [-0.15, -0.1) is 0 Å². The predicted octanol–water partition coefficient (Wildman–Crippen LogP) is 1.80. The molecule has 1 atom stereocenters. The Bertz CT molecular complexity index is 538. The van der Waals surface area contributed by atoms with Gasteiger partial charge in [0, 0.05) is 11.7 Å². The van der Waals surface area contributed by atoms with Crippen molar-refractivity contribution < 1.29 is 8.42 Å². The molecule has 0 aliphatic heterocycles. The van der Waals surface area contributed by atoms with E-state index in [1.165, 1.54) is 0 Å². The van der Waals surface area contributed by atoms with Crippen LogP contribution in [-0.2, 0) is 15.8 Å². The Kier molecular flexibility index (Phi) is 4.04. The maximum absolute atomic E-state index is 12.0. The first-order valence-electron chi connectivity index (χ1n) is 6.05. The fourth-order valence-electron chi connectivity index (χ4n) is 2.07. The van der Waals surface area contributed by atoms with Crippen LogP contribution in [0.4, 0.5) is 5.69 Å². The van der Waals surface area contributed by atoms with Crippen molar-refractivity contribution in [2.24, 2.45) is 0 Å². The van der Waals surface area contributed by atoms with E-state index < -0.39 is 10.0 Å². The van der Waals surface area contributed by atoms with Gasteiger partial charge in [0.2, 0.25) is 10.0 Å². The second-order valence-electron chi connectivity index (χ2n) is 4.56. The smallest absolute Gasteiger partial charge is 0.216 e. The maximum Gasteiger partial charge on any atom is 0.216 e. The van der Waals surface area contributed by atoms with Gasteiger partial charge < -0.3 is 5.73 Å². The lowest BCUT2D eigenvalue weighted by Crippen LogP contribution is -2.36. The minimum Gasteiger partial charge on any atom is -0.398 e. The summed E-state index contributed by atoms with van der Waals surface area (Å²) in [5.74, 6) is -0.0557. The van der Waals surface area contributed by atoms with Crippen LogP contribution in [0.25, 0.3) is 0 Å². The van der Waals surface area contributed by atoms with Crippen LogP contribution in [0.5, 0.6) is 0 Å². The van der Waals surface area contributed by atoms with Gasteiger partial charge in [0.15, 0.2) is 0 Å².